The highest BCUT2D eigenvalue weighted by molar-refractivity contribution is 5.73. The number of hydrogen-bond donors (Lipinski definition) is 0. The fraction of sp³-hybridized carbons (Fsp3) is 0.500. The fourth-order valence-corrected chi connectivity index (χ4v) is 1.88. The van der Waals surface area contributed by atoms with E-state index in [2.05, 4.69) is 0 Å². The second-order valence-electron chi connectivity index (χ2n) is 6.28. The standard InChI is InChI=1S/C18H26O3/c1-14(2)15(13-17(19)21-18(3,4)5)11-12-20-16-9-7-6-8-10-16/h6-10H,11-13H2,1-5H3. The average Bonchev–Trinajstić information content (AvgIpc) is 2.36. The molecule has 0 saturated heterocycles. The molecule has 0 saturated carbocycles. The Bertz CT molecular complexity index is 477. The summed E-state index contributed by atoms with van der Waals surface area (Å²) in [6, 6.07) is 9.69. The largest absolute Gasteiger partial charge is 0.493 e. The first-order valence-corrected chi connectivity index (χ1v) is 7.33. The lowest BCUT2D eigenvalue weighted by atomic mass is 10.0. The van der Waals surface area contributed by atoms with E-state index in [9.17, 15) is 4.79 Å². The molecule has 0 aliphatic rings. The van der Waals surface area contributed by atoms with Crippen LogP contribution in [-0.4, -0.2) is 18.2 Å². The van der Waals surface area contributed by atoms with Crippen LogP contribution in [0.1, 0.15) is 47.5 Å². The third kappa shape index (κ3) is 7.54. The molecule has 3 nitrogen and oxygen atoms in total. The van der Waals surface area contributed by atoms with Gasteiger partial charge in [-0.25, -0.2) is 0 Å². The Morgan fingerprint density at radius 3 is 2.24 bits per heavy atom. The Kier molecular flexibility index (Phi) is 6.47. The predicted octanol–water partition coefficient (Wildman–Crippen LogP) is 4.52. The van der Waals surface area contributed by atoms with Crippen LogP contribution in [0.2, 0.25) is 0 Å². The van der Waals surface area contributed by atoms with Gasteiger partial charge in [0.2, 0.25) is 0 Å². The second-order valence-corrected chi connectivity index (χ2v) is 6.28. The minimum atomic E-state index is -0.440. The SMILES string of the molecule is CC(C)=C(CCOc1ccccc1)CC(=O)OC(C)(C)C. The van der Waals surface area contributed by atoms with Crippen LogP contribution in [0.5, 0.6) is 5.75 Å². The minimum absolute atomic E-state index is 0.182. The lowest BCUT2D eigenvalue weighted by Gasteiger charge is -2.20. The predicted molar refractivity (Wildman–Crippen MR) is 85.4 cm³/mol. The number of esters is 1. The molecule has 0 aromatic heterocycles. The zero-order chi connectivity index (χ0) is 15.9. The summed E-state index contributed by atoms with van der Waals surface area (Å²) in [5.41, 5.74) is 1.79. The molecular formula is C18H26O3. The number of allylic oxidation sites excluding steroid dienone is 1. The summed E-state index contributed by atoms with van der Waals surface area (Å²) in [5, 5.41) is 0. The number of carbonyl (C=O) groups excluding carboxylic acids is 1. The van der Waals surface area contributed by atoms with Crippen LogP contribution in [0, 0.1) is 0 Å². The van der Waals surface area contributed by atoms with Crippen molar-refractivity contribution in [2.45, 2.75) is 53.1 Å². The van der Waals surface area contributed by atoms with Gasteiger partial charge in [0.05, 0.1) is 13.0 Å². The molecule has 0 heterocycles. The quantitative estimate of drug-likeness (QED) is 0.570. The van der Waals surface area contributed by atoms with Gasteiger partial charge in [0, 0.05) is 6.42 Å². The van der Waals surface area contributed by atoms with Gasteiger partial charge in [0.25, 0.3) is 0 Å². The first-order chi connectivity index (χ1) is 9.78. The van der Waals surface area contributed by atoms with Gasteiger partial charge in [-0.2, -0.15) is 0 Å². The van der Waals surface area contributed by atoms with Gasteiger partial charge in [-0.3, -0.25) is 4.79 Å². The lowest BCUT2D eigenvalue weighted by Crippen LogP contribution is -2.24. The Hall–Kier alpha value is -1.77. The Balaban J connectivity index is 2.48. The van der Waals surface area contributed by atoms with Crippen molar-refractivity contribution < 1.29 is 14.3 Å². The van der Waals surface area contributed by atoms with Crippen molar-refractivity contribution in [1.29, 1.82) is 0 Å². The molecule has 0 unspecified atom stereocenters. The normalized spacial score (nSPS) is 10.9. The molecule has 1 aromatic carbocycles. The molecule has 116 valence electrons. The summed E-state index contributed by atoms with van der Waals surface area (Å²) in [6.45, 7) is 10.2. The summed E-state index contributed by atoms with van der Waals surface area (Å²) < 4.78 is 11.1. The van der Waals surface area contributed by atoms with Crippen LogP contribution in [-0.2, 0) is 9.53 Å². The Morgan fingerprint density at radius 2 is 1.71 bits per heavy atom. The number of ether oxygens (including phenoxy) is 2. The van der Waals surface area contributed by atoms with Gasteiger partial charge in [-0.05, 0) is 46.8 Å². The molecule has 0 aliphatic heterocycles. The van der Waals surface area contributed by atoms with Crippen LogP contribution >= 0.6 is 0 Å². The summed E-state index contributed by atoms with van der Waals surface area (Å²) in [7, 11) is 0. The van der Waals surface area contributed by atoms with Crippen molar-refractivity contribution in [2.75, 3.05) is 6.61 Å². The smallest absolute Gasteiger partial charge is 0.310 e. The first kappa shape index (κ1) is 17.3. The van der Waals surface area contributed by atoms with Crippen molar-refractivity contribution in [1.82, 2.24) is 0 Å². The van der Waals surface area contributed by atoms with Crippen LogP contribution in [0.25, 0.3) is 0 Å². The lowest BCUT2D eigenvalue weighted by molar-refractivity contribution is -0.153. The zero-order valence-electron chi connectivity index (χ0n) is 13.7. The van der Waals surface area contributed by atoms with Crippen molar-refractivity contribution in [2.24, 2.45) is 0 Å². The third-order valence-corrected chi connectivity index (χ3v) is 2.90. The van der Waals surface area contributed by atoms with Gasteiger partial charge in [-0.1, -0.05) is 29.3 Å². The number of para-hydroxylation sites is 1. The highest BCUT2D eigenvalue weighted by atomic mass is 16.6. The highest BCUT2D eigenvalue weighted by Gasteiger charge is 2.17. The molecule has 0 N–H and O–H groups in total. The van der Waals surface area contributed by atoms with Crippen molar-refractivity contribution >= 4 is 5.97 Å². The maximum absolute atomic E-state index is 11.9. The highest BCUT2D eigenvalue weighted by Crippen LogP contribution is 2.18. The van der Waals surface area contributed by atoms with Gasteiger partial charge < -0.3 is 9.47 Å². The molecule has 1 rings (SSSR count). The molecule has 0 aliphatic carbocycles. The average molecular weight is 290 g/mol. The van der Waals surface area contributed by atoms with E-state index >= 15 is 0 Å². The molecule has 0 bridgehead atoms. The first-order valence-electron chi connectivity index (χ1n) is 7.33. The Labute approximate surface area is 128 Å². The van der Waals surface area contributed by atoms with E-state index in [4.69, 9.17) is 9.47 Å². The van der Waals surface area contributed by atoms with E-state index in [0.29, 0.717) is 13.0 Å². The van der Waals surface area contributed by atoms with Gasteiger partial charge in [0.15, 0.2) is 0 Å². The van der Waals surface area contributed by atoms with Crippen molar-refractivity contribution in [3.05, 3.63) is 41.5 Å². The molecule has 21 heavy (non-hydrogen) atoms. The molecule has 0 fully saturated rings. The molecule has 0 spiro atoms. The maximum atomic E-state index is 11.9. The van der Waals surface area contributed by atoms with E-state index in [-0.39, 0.29) is 5.97 Å². The molecular weight excluding hydrogens is 264 g/mol. The Morgan fingerprint density at radius 1 is 1.10 bits per heavy atom. The number of benzene rings is 1. The van der Waals surface area contributed by atoms with E-state index < -0.39 is 5.60 Å². The van der Waals surface area contributed by atoms with Crippen molar-refractivity contribution in [3.8, 4) is 5.75 Å². The minimum Gasteiger partial charge on any atom is -0.493 e. The van der Waals surface area contributed by atoms with Gasteiger partial charge >= 0.3 is 5.97 Å². The number of hydrogen-bond acceptors (Lipinski definition) is 3. The van der Waals surface area contributed by atoms with E-state index in [1.807, 2.05) is 65.0 Å². The summed E-state index contributed by atoms with van der Waals surface area (Å²) in [4.78, 5) is 11.9. The number of rotatable bonds is 6. The van der Waals surface area contributed by atoms with E-state index in [0.717, 1.165) is 23.3 Å². The second kappa shape index (κ2) is 7.87. The maximum Gasteiger partial charge on any atom is 0.310 e. The van der Waals surface area contributed by atoms with E-state index in [1.54, 1.807) is 0 Å². The van der Waals surface area contributed by atoms with Crippen LogP contribution in [0.3, 0.4) is 0 Å². The monoisotopic (exact) mass is 290 g/mol. The number of carbonyl (C=O) groups is 1. The third-order valence-electron chi connectivity index (χ3n) is 2.90. The zero-order valence-corrected chi connectivity index (χ0v) is 13.7. The van der Waals surface area contributed by atoms with Crippen molar-refractivity contribution in [3.63, 3.8) is 0 Å². The molecule has 0 radical (unpaired) electrons. The molecule has 3 heteroatoms. The molecule has 0 atom stereocenters. The summed E-state index contributed by atoms with van der Waals surface area (Å²) in [5.74, 6) is 0.668. The van der Waals surface area contributed by atoms with Gasteiger partial charge in [-0.15, -0.1) is 0 Å². The van der Waals surface area contributed by atoms with E-state index in [1.165, 1.54) is 0 Å². The molecule has 1 aromatic rings. The molecule has 0 amide bonds. The van der Waals surface area contributed by atoms with Crippen LogP contribution < -0.4 is 4.74 Å². The van der Waals surface area contributed by atoms with Crippen LogP contribution in [0.15, 0.2) is 41.5 Å². The summed E-state index contributed by atoms with van der Waals surface area (Å²) >= 11 is 0. The summed E-state index contributed by atoms with van der Waals surface area (Å²) in [6.07, 6.45) is 1.06. The fourth-order valence-electron chi connectivity index (χ4n) is 1.88. The van der Waals surface area contributed by atoms with Crippen LogP contribution in [0.4, 0.5) is 0 Å². The topological polar surface area (TPSA) is 35.5 Å². The van der Waals surface area contributed by atoms with Gasteiger partial charge in [0.1, 0.15) is 11.4 Å².